The highest BCUT2D eigenvalue weighted by molar-refractivity contribution is 9.10. The van der Waals surface area contributed by atoms with E-state index in [-0.39, 0.29) is 6.04 Å². The zero-order valence-corrected chi connectivity index (χ0v) is 12.1. The highest BCUT2D eigenvalue weighted by atomic mass is 79.9. The van der Waals surface area contributed by atoms with E-state index in [1.54, 1.807) is 13.2 Å². The highest BCUT2D eigenvalue weighted by Gasteiger charge is 2.14. The number of hydrazine groups is 1. The molecule has 2 aromatic rings. The number of hydrogen-bond donors (Lipinski definition) is 2. The van der Waals surface area contributed by atoms with Crippen molar-refractivity contribution in [2.24, 2.45) is 5.84 Å². The van der Waals surface area contributed by atoms with Crippen molar-refractivity contribution in [2.45, 2.75) is 12.5 Å². The summed E-state index contributed by atoms with van der Waals surface area (Å²) in [5, 5.41) is 0. The number of rotatable bonds is 5. The molecule has 100 valence electrons. The molecular weight excluding hydrogens is 308 g/mol. The average molecular weight is 323 g/mol. The lowest BCUT2D eigenvalue weighted by Crippen LogP contribution is -2.30. The Kier molecular flexibility index (Phi) is 4.84. The third-order valence-electron chi connectivity index (χ3n) is 2.81. The zero-order chi connectivity index (χ0) is 13.7. The highest BCUT2D eigenvalue weighted by Crippen LogP contribution is 2.23. The van der Waals surface area contributed by atoms with Crippen molar-refractivity contribution in [1.29, 1.82) is 0 Å². The second kappa shape index (κ2) is 6.60. The Morgan fingerprint density at radius 1 is 1.37 bits per heavy atom. The van der Waals surface area contributed by atoms with Gasteiger partial charge in [-0.1, -0.05) is 34.1 Å². The van der Waals surface area contributed by atoms with Crippen LogP contribution in [0.25, 0.3) is 0 Å². The maximum absolute atomic E-state index is 5.63. The Labute approximate surface area is 120 Å². The minimum atomic E-state index is -0.101. The van der Waals surface area contributed by atoms with Gasteiger partial charge in [0.05, 0.1) is 18.8 Å². The molecule has 6 heteroatoms. The van der Waals surface area contributed by atoms with Crippen LogP contribution in [0, 0.1) is 0 Å². The predicted octanol–water partition coefficient (Wildman–Crippen LogP) is 1.99. The monoisotopic (exact) mass is 322 g/mol. The molecule has 0 amide bonds. The lowest BCUT2D eigenvalue weighted by Gasteiger charge is -2.16. The van der Waals surface area contributed by atoms with Gasteiger partial charge in [-0.3, -0.25) is 11.3 Å². The van der Waals surface area contributed by atoms with Crippen LogP contribution in [0.1, 0.15) is 17.3 Å². The summed E-state index contributed by atoms with van der Waals surface area (Å²) in [7, 11) is 1.57. The van der Waals surface area contributed by atoms with Crippen molar-refractivity contribution >= 4 is 15.9 Å². The number of aromatic nitrogens is 2. The van der Waals surface area contributed by atoms with Crippen LogP contribution in [-0.2, 0) is 6.42 Å². The number of methoxy groups -OCH3 is 1. The summed E-state index contributed by atoms with van der Waals surface area (Å²) in [5.74, 6) is 6.15. The van der Waals surface area contributed by atoms with E-state index in [1.165, 1.54) is 6.33 Å². The van der Waals surface area contributed by atoms with Crippen molar-refractivity contribution in [3.63, 3.8) is 0 Å². The Morgan fingerprint density at radius 3 is 2.84 bits per heavy atom. The number of nitrogens with zero attached hydrogens (tertiary/aromatic N) is 2. The van der Waals surface area contributed by atoms with Crippen LogP contribution >= 0.6 is 15.9 Å². The topological polar surface area (TPSA) is 73.1 Å². The number of ether oxygens (including phenoxy) is 1. The molecule has 5 nitrogen and oxygen atoms in total. The van der Waals surface area contributed by atoms with E-state index in [0.717, 1.165) is 22.2 Å². The molecule has 0 saturated heterocycles. The van der Waals surface area contributed by atoms with Gasteiger partial charge in [0.2, 0.25) is 5.88 Å². The van der Waals surface area contributed by atoms with Gasteiger partial charge in [-0.15, -0.1) is 0 Å². The first-order valence-electron chi connectivity index (χ1n) is 5.80. The largest absolute Gasteiger partial charge is 0.481 e. The molecule has 0 fully saturated rings. The molecule has 19 heavy (non-hydrogen) atoms. The lowest BCUT2D eigenvalue weighted by molar-refractivity contribution is 0.393. The fourth-order valence-corrected chi connectivity index (χ4v) is 2.24. The minimum absolute atomic E-state index is 0.101. The lowest BCUT2D eigenvalue weighted by atomic mass is 10.0. The Bertz CT molecular complexity index is 550. The third-order valence-corrected chi connectivity index (χ3v) is 3.59. The van der Waals surface area contributed by atoms with Crippen LogP contribution in [0.3, 0.4) is 0 Å². The standard InChI is InChI=1S/C13H15BrN4O/c1-19-13-7-11(16-8-17-13)12(18-15)6-9-4-2-3-5-10(9)14/h2-5,7-8,12,18H,6,15H2,1H3. The normalized spacial score (nSPS) is 12.2. The fraction of sp³-hybridized carbons (Fsp3) is 0.231. The molecule has 0 bridgehead atoms. The minimum Gasteiger partial charge on any atom is -0.481 e. The second-order valence-corrected chi connectivity index (χ2v) is 4.85. The molecular formula is C13H15BrN4O. The number of nitrogens with one attached hydrogen (secondary N) is 1. The van der Waals surface area contributed by atoms with Gasteiger partial charge in [0.15, 0.2) is 0 Å². The van der Waals surface area contributed by atoms with Crippen molar-refractivity contribution in [2.75, 3.05) is 7.11 Å². The van der Waals surface area contributed by atoms with E-state index >= 15 is 0 Å². The Hall–Kier alpha value is -1.50. The maximum Gasteiger partial charge on any atom is 0.216 e. The summed E-state index contributed by atoms with van der Waals surface area (Å²) in [4.78, 5) is 8.22. The number of hydrogen-bond acceptors (Lipinski definition) is 5. The third kappa shape index (κ3) is 3.50. The molecule has 1 aromatic heterocycles. The van der Waals surface area contributed by atoms with Gasteiger partial charge in [0.1, 0.15) is 6.33 Å². The molecule has 1 atom stereocenters. The van der Waals surface area contributed by atoms with Crippen molar-refractivity contribution in [1.82, 2.24) is 15.4 Å². The summed E-state index contributed by atoms with van der Waals surface area (Å²) in [6, 6.07) is 9.70. The van der Waals surface area contributed by atoms with Gasteiger partial charge in [-0.05, 0) is 18.1 Å². The summed E-state index contributed by atoms with van der Waals surface area (Å²) < 4.78 is 6.15. The van der Waals surface area contributed by atoms with Crippen molar-refractivity contribution < 1.29 is 4.74 Å². The molecule has 1 aromatic carbocycles. The molecule has 0 aliphatic carbocycles. The summed E-state index contributed by atoms with van der Waals surface area (Å²) >= 11 is 3.53. The van der Waals surface area contributed by atoms with E-state index in [4.69, 9.17) is 10.6 Å². The molecule has 3 N–H and O–H groups in total. The Balaban J connectivity index is 2.22. The van der Waals surface area contributed by atoms with E-state index in [1.807, 2.05) is 24.3 Å². The van der Waals surface area contributed by atoms with E-state index in [9.17, 15) is 0 Å². The molecule has 0 saturated carbocycles. The van der Waals surface area contributed by atoms with E-state index in [0.29, 0.717) is 5.88 Å². The van der Waals surface area contributed by atoms with Gasteiger partial charge in [0.25, 0.3) is 0 Å². The molecule has 0 aliphatic heterocycles. The van der Waals surface area contributed by atoms with Crippen LogP contribution in [0.5, 0.6) is 5.88 Å². The van der Waals surface area contributed by atoms with Gasteiger partial charge in [-0.25, -0.2) is 9.97 Å². The van der Waals surface area contributed by atoms with Crippen molar-refractivity contribution in [3.8, 4) is 5.88 Å². The van der Waals surface area contributed by atoms with Crippen LogP contribution in [0.2, 0.25) is 0 Å². The number of halogens is 1. The molecule has 0 spiro atoms. The van der Waals surface area contributed by atoms with Gasteiger partial charge in [0, 0.05) is 10.5 Å². The summed E-state index contributed by atoms with van der Waals surface area (Å²) in [5.41, 5.74) is 4.73. The van der Waals surface area contributed by atoms with E-state index in [2.05, 4.69) is 31.3 Å². The van der Waals surface area contributed by atoms with E-state index < -0.39 is 0 Å². The summed E-state index contributed by atoms with van der Waals surface area (Å²) in [6.45, 7) is 0. The number of benzene rings is 1. The predicted molar refractivity (Wildman–Crippen MR) is 76.5 cm³/mol. The number of nitrogens with two attached hydrogens (primary N) is 1. The SMILES string of the molecule is COc1cc(C(Cc2ccccc2Br)NN)ncn1. The molecule has 0 aliphatic rings. The zero-order valence-electron chi connectivity index (χ0n) is 10.5. The van der Waals surface area contributed by atoms with Gasteiger partial charge in [-0.2, -0.15) is 0 Å². The molecule has 1 heterocycles. The Morgan fingerprint density at radius 2 is 2.16 bits per heavy atom. The first-order chi connectivity index (χ1) is 9.24. The smallest absolute Gasteiger partial charge is 0.216 e. The maximum atomic E-state index is 5.63. The molecule has 1 unspecified atom stereocenters. The van der Waals surface area contributed by atoms with Crippen LogP contribution in [0.15, 0.2) is 41.1 Å². The first kappa shape index (κ1) is 13.9. The summed E-state index contributed by atoms with van der Waals surface area (Å²) in [6.07, 6.45) is 2.19. The van der Waals surface area contributed by atoms with Gasteiger partial charge < -0.3 is 4.74 Å². The van der Waals surface area contributed by atoms with Crippen molar-refractivity contribution in [3.05, 3.63) is 52.4 Å². The second-order valence-electron chi connectivity index (χ2n) is 4.00. The van der Waals surface area contributed by atoms with Gasteiger partial charge >= 0.3 is 0 Å². The van der Waals surface area contributed by atoms with Crippen LogP contribution < -0.4 is 16.0 Å². The fourth-order valence-electron chi connectivity index (χ4n) is 1.79. The molecule has 2 rings (SSSR count). The van der Waals surface area contributed by atoms with Crippen LogP contribution in [0.4, 0.5) is 0 Å². The average Bonchev–Trinajstić information content (AvgIpc) is 2.46. The van der Waals surface area contributed by atoms with Crippen LogP contribution in [-0.4, -0.2) is 17.1 Å². The quantitative estimate of drug-likeness (QED) is 0.650. The molecule has 0 radical (unpaired) electrons. The first-order valence-corrected chi connectivity index (χ1v) is 6.59.